The fraction of sp³-hybridized carbons (Fsp3) is 0.0714. The minimum atomic E-state index is -0.660. The molecule has 2 aromatic heterocycles. The highest BCUT2D eigenvalue weighted by molar-refractivity contribution is 7.15. The number of aromatic nitrogens is 2. The summed E-state index contributed by atoms with van der Waals surface area (Å²) in [7, 11) is 0. The molecule has 0 bridgehead atoms. The van der Waals surface area contributed by atoms with Gasteiger partial charge in [0.05, 0.1) is 16.1 Å². The lowest BCUT2D eigenvalue weighted by atomic mass is 10.0. The Morgan fingerprint density at radius 3 is 2.65 bits per heavy atom. The molecule has 0 aliphatic rings. The number of nitrogens with zero attached hydrogens (tertiary/aromatic N) is 1. The highest BCUT2D eigenvalue weighted by Gasteiger charge is 2.19. The van der Waals surface area contributed by atoms with Crippen LogP contribution in [0.15, 0.2) is 30.3 Å². The molecule has 0 amide bonds. The maximum absolute atomic E-state index is 14.0. The SMILES string of the molecule is Cc1ccc(-c2[nH]nc(N)c2-c2ccc(F)cc2F)s1. The smallest absolute Gasteiger partial charge is 0.153 e. The van der Waals surface area contributed by atoms with Crippen LogP contribution in [-0.2, 0) is 0 Å². The van der Waals surface area contributed by atoms with Crippen LogP contribution in [0.5, 0.6) is 0 Å². The normalized spacial score (nSPS) is 10.9. The Morgan fingerprint density at radius 1 is 1.20 bits per heavy atom. The maximum Gasteiger partial charge on any atom is 0.153 e. The monoisotopic (exact) mass is 291 g/mol. The molecule has 0 aliphatic heterocycles. The molecule has 3 rings (SSSR count). The van der Waals surface area contributed by atoms with Crippen LogP contribution in [0.3, 0.4) is 0 Å². The first kappa shape index (κ1) is 12.8. The quantitative estimate of drug-likeness (QED) is 0.750. The van der Waals surface area contributed by atoms with Crippen molar-refractivity contribution in [3.05, 3.63) is 46.8 Å². The largest absolute Gasteiger partial charge is 0.382 e. The second-order valence-electron chi connectivity index (χ2n) is 4.39. The van der Waals surface area contributed by atoms with Crippen molar-refractivity contribution in [2.24, 2.45) is 0 Å². The summed E-state index contributed by atoms with van der Waals surface area (Å²) < 4.78 is 27.0. The number of benzene rings is 1. The summed E-state index contributed by atoms with van der Waals surface area (Å²) in [6, 6.07) is 7.29. The third-order valence-electron chi connectivity index (χ3n) is 2.98. The first-order valence-electron chi connectivity index (χ1n) is 5.92. The molecule has 20 heavy (non-hydrogen) atoms. The van der Waals surface area contributed by atoms with E-state index in [1.165, 1.54) is 12.1 Å². The van der Waals surface area contributed by atoms with E-state index in [0.717, 1.165) is 15.8 Å². The van der Waals surface area contributed by atoms with Gasteiger partial charge in [-0.25, -0.2) is 8.78 Å². The average Bonchev–Trinajstić information content (AvgIpc) is 2.96. The Morgan fingerprint density at radius 2 is 2.00 bits per heavy atom. The molecule has 0 saturated carbocycles. The van der Waals surface area contributed by atoms with Crippen LogP contribution in [0.25, 0.3) is 21.7 Å². The van der Waals surface area contributed by atoms with Gasteiger partial charge in [-0.2, -0.15) is 5.10 Å². The Hall–Kier alpha value is -2.21. The van der Waals surface area contributed by atoms with Gasteiger partial charge in [0.25, 0.3) is 0 Å². The molecule has 3 nitrogen and oxygen atoms in total. The summed E-state index contributed by atoms with van der Waals surface area (Å²) in [5, 5.41) is 6.76. The van der Waals surface area contributed by atoms with Gasteiger partial charge in [0, 0.05) is 16.5 Å². The number of thiophene rings is 1. The number of nitrogens with one attached hydrogen (secondary N) is 1. The van der Waals surface area contributed by atoms with E-state index in [1.54, 1.807) is 11.3 Å². The Bertz CT molecular complexity index is 777. The van der Waals surface area contributed by atoms with Gasteiger partial charge in [0.2, 0.25) is 0 Å². The van der Waals surface area contributed by atoms with E-state index in [4.69, 9.17) is 5.73 Å². The summed E-state index contributed by atoms with van der Waals surface area (Å²) in [5.74, 6) is -1.09. The molecule has 2 heterocycles. The number of aryl methyl sites for hydroxylation is 1. The molecule has 0 saturated heterocycles. The van der Waals surface area contributed by atoms with E-state index in [0.29, 0.717) is 11.3 Å². The zero-order valence-electron chi connectivity index (χ0n) is 10.6. The van der Waals surface area contributed by atoms with Gasteiger partial charge in [0.15, 0.2) is 5.82 Å². The van der Waals surface area contributed by atoms with Gasteiger partial charge in [0.1, 0.15) is 11.6 Å². The van der Waals surface area contributed by atoms with Crippen LogP contribution >= 0.6 is 11.3 Å². The summed E-state index contributed by atoms with van der Waals surface area (Å²) in [5.41, 5.74) is 7.17. The zero-order chi connectivity index (χ0) is 14.3. The molecular formula is C14H11F2N3S. The van der Waals surface area contributed by atoms with E-state index in [2.05, 4.69) is 10.2 Å². The van der Waals surface area contributed by atoms with Crippen molar-refractivity contribution in [1.82, 2.24) is 10.2 Å². The van der Waals surface area contributed by atoms with E-state index in [-0.39, 0.29) is 11.4 Å². The van der Waals surface area contributed by atoms with Crippen molar-refractivity contribution in [3.8, 4) is 21.7 Å². The Labute approximate surface area is 118 Å². The number of nitrogens with two attached hydrogens (primary N) is 1. The number of aromatic amines is 1. The first-order chi connectivity index (χ1) is 9.56. The minimum Gasteiger partial charge on any atom is -0.382 e. The molecule has 102 valence electrons. The van der Waals surface area contributed by atoms with Crippen LogP contribution in [0.1, 0.15) is 4.88 Å². The van der Waals surface area contributed by atoms with Crippen molar-refractivity contribution < 1.29 is 8.78 Å². The van der Waals surface area contributed by atoms with E-state index < -0.39 is 11.6 Å². The van der Waals surface area contributed by atoms with Crippen molar-refractivity contribution in [3.63, 3.8) is 0 Å². The van der Waals surface area contributed by atoms with Gasteiger partial charge in [-0.15, -0.1) is 11.3 Å². The fourth-order valence-corrected chi connectivity index (χ4v) is 2.94. The predicted molar refractivity (Wildman–Crippen MR) is 76.4 cm³/mol. The number of anilines is 1. The third-order valence-corrected chi connectivity index (χ3v) is 4.00. The number of hydrogen-bond acceptors (Lipinski definition) is 3. The summed E-state index contributed by atoms with van der Waals surface area (Å²) in [6.07, 6.45) is 0. The highest BCUT2D eigenvalue weighted by atomic mass is 32.1. The topological polar surface area (TPSA) is 54.7 Å². The third kappa shape index (κ3) is 2.08. The zero-order valence-corrected chi connectivity index (χ0v) is 11.4. The van der Waals surface area contributed by atoms with Gasteiger partial charge in [-0.1, -0.05) is 0 Å². The lowest BCUT2D eigenvalue weighted by molar-refractivity contribution is 0.585. The van der Waals surface area contributed by atoms with Gasteiger partial charge in [-0.3, -0.25) is 5.10 Å². The van der Waals surface area contributed by atoms with E-state index in [1.807, 2.05) is 19.1 Å². The number of halogens is 2. The summed E-state index contributed by atoms with van der Waals surface area (Å²) >= 11 is 1.55. The molecule has 0 radical (unpaired) electrons. The average molecular weight is 291 g/mol. The van der Waals surface area contributed by atoms with Crippen LogP contribution in [0.4, 0.5) is 14.6 Å². The molecule has 0 fully saturated rings. The molecule has 0 unspecified atom stereocenters. The Kier molecular flexibility index (Phi) is 3.02. The minimum absolute atomic E-state index is 0.191. The molecular weight excluding hydrogens is 280 g/mol. The number of nitrogen functional groups attached to an aromatic ring is 1. The van der Waals surface area contributed by atoms with E-state index in [9.17, 15) is 8.78 Å². The maximum atomic E-state index is 14.0. The number of H-pyrrole nitrogens is 1. The molecule has 3 aromatic rings. The van der Waals surface area contributed by atoms with Gasteiger partial charge >= 0.3 is 0 Å². The lowest BCUT2D eigenvalue weighted by Gasteiger charge is -2.04. The van der Waals surface area contributed by atoms with Crippen LogP contribution in [0.2, 0.25) is 0 Å². The second kappa shape index (κ2) is 4.72. The van der Waals surface area contributed by atoms with Crippen molar-refractivity contribution in [2.45, 2.75) is 6.92 Å². The number of hydrogen-bond donors (Lipinski definition) is 2. The van der Waals surface area contributed by atoms with Crippen molar-refractivity contribution in [1.29, 1.82) is 0 Å². The molecule has 0 aliphatic carbocycles. The molecule has 1 aromatic carbocycles. The molecule has 0 atom stereocenters. The molecule has 6 heteroatoms. The second-order valence-corrected chi connectivity index (χ2v) is 5.68. The predicted octanol–water partition coefficient (Wildman–Crippen LogP) is 3.97. The summed E-state index contributed by atoms with van der Waals surface area (Å²) in [6.45, 7) is 1.98. The van der Waals surface area contributed by atoms with Crippen LogP contribution < -0.4 is 5.73 Å². The number of rotatable bonds is 2. The van der Waals surface area contributed by atoms with E-state index >= 15 is 0 Å². The van der Waals surface area contributed by atoms with Crippen LogP contribution in [-0.4, -0.2) is 10.2 Å². The molecule has 3 N–H and O–H groups in total. The van der Waals surface area contributed by atoms with Gasteiger partial charge in [-0.05, 0) is 31.2 Å². The first-order valence-corrected chi connectivity index (χ1v) is 6.74. The van der Waals surface area contributed by atoms with Crippen molar-refractivity contribution in [2.75, 3.05) is 5.73 Å². The Balaban J connectivity index is 2.21. The standard InChI is InChI=1S/C14H11F2N3S/c1-7-2-5-11(20-7)13-12(14(17)19-18-13)9-4-3-8(15)6-10(9)16/h2-6H,1H3,(H3,17,18,19). The molecule has 0 spiro atoms. The highest BCUT2D eigenvalue weighted by Crippen LogP contribution is 2.38. The van der Waals surface area contributed by atoms with Crippen LogP contribution in [0, 0.1) is 18.6 Å². The lowest BCUT2D eigenvalue weighted by Crippen LogP contribution is -1.92. The van der Waals surface area contributed by atoms with Crippen molar-refractivity contribution >= 4 is 17.2 Å². The summed E-state index contributed by atoms with van der Waals surface area (Å²) in [4.78, 5) is 2.03. The van der Waals surface area contributed by atoms with Gasteiger partial charge < -0.3 is 5.73 Å². The fourth-order valence-electron chi connectivity index (χ4n) is 2.07.